The predicted octanol–water partition coefficient (Wildman–Crippen LogP) is 4.68. The van der Waals surface area contributed by atoms with Crippen LogP contribution in [0.3, 0.4) is 0 Å². The molecule has 1 N–H and O–H groups in total. The molecule has 0 aliphatic heterocycles. The Bertz CT molecular complexity index is 727. The van der Waals surface area contributed by atoms with Crippen molar-refractivity contribution in [2.45, 2.75) is 13.0 Å². The lowest BCUT2D eigenvalue weighted by atomic mass is 10.1. The average molecular weight is 387 g/mol. The fraction of sp³-hybridized carbons (Fsp3) is 0.176. The van der Waals surface area contributed by atoms with Crippen molar-refractivity contribution in [3.05, 3.63) is 68.7 Å². The van der Waals surface area contributed by atoms with Crippen molar-refractivity contribution in [2.75, 3.05) is 6.61 Å². The Morgan fingerprint density at radius 2 is 1.58 bits per heavy atom. The van der Waals surface area contributed by atoms with Gasteiger partial charge in [-0.05, 0) is 42.8 Å². The van der Waals surface area contributed by atoms with E-state index < -0.39 is 18.5 Å². The number of hydrogen-bond acceptors (Lipinski definition) is 3. The Kier molecular flexibility index (Phi) is 6.49. The summed E-state index contributed by atoms with van der Waals surface area (Å²) in [6.45, 7) is 1.42. The molecule has 2 aromatic carbocycles. The van der Waals surface area contributed by atoms with Gasteiger partial charge in [0.15, 0.2) is 6.61 Å². The number of rotatable bonds is 5. The largest absolute Gasteiger partial charge is 0.452 e. The number of amides is 1. The average Bonchev–Trinajstić information content (AvgIpc) is 2.52. The van der Waals surface area contributed by atoms with Gasteiger partial charge in [0.1, 0.15) is 0 Å². The van der Waals surface area contributed by atoms with Gasteiger partial charge >= 0.3 is 5.97 Å². The van der Waals surface area contributed by atoms with Gasteiger partial charge in [-0.15, -0.1) is 0 Å². The van der Waals surface area contributed by atoms with E-state index in [9.17, 15) is 9.59 Å². The van der Waals surface area contributed by atoms with Gasteiger partial charge in [-0.25, -0.2) is 4.79 Å². The second kappa shape index (κ2) is 8.38. The Hall–Kier alpha value is -1.75. The molecular formula is C17H14Cl3NO3. The smallest absolute Gasteiger partial charge is 0.338 e. The van der Waals surface area contributed by atoms with Crippen LogP contribution < -0.4 is 5.32 Å². The standard InChI is InChI=1S/C17H14Cl3NO3/c1-10(11-2-4-13(18)5-3-11)21-16(22)9-24-17(23)12-6-14(19)8-15(20)7-12/h2-8,10H,9H2,1H3,(H,21,22)/t10-/m1/s1. The fourth-order valence-corrected chi connectivity index (χ4v) is 2.66. The molecule has 24 heavy (non-hydrogen) atoms. The van der Waals surface area contributed by atoms with Gasteiger partial charge in [0, 0.05) is 15.1 Å². The normalized spacial score (nSPS) is 11.7. The van der Waals surface area contributed by atoms with Crippen molar-refractivity contribution >= 4 is 46.7 Å². The topological polar surface area (TPSA) is 55.4 Å². The van der Waals surface area contributed by atoms with E-state index in [2.05, 4.69) is 5.32 Å². The summed E-state index contributed by atoms with van der Waals surface area (Å²) in [5, 5.41) is 3.98. The van der Waals surface area contributed by atoms with E-state index in [0.29, 0.717) is 15.1 Å². The van der Waals surface area contributed by atoms with E-state index in [1.54, 1.807) is 12.1 Å². The highest BCUT2D eigenvalue weighted by atomic mass is 35.5. The fourth-order valence-electron chi connectivity index (χ4n) is 2.00. The summed E-state index contributed by atoms with van der Waals surface area (Å²) in [6.07, 6.45) is 0. The number of esters is 1. The summed E-state index contributed by atoms with van der Waals surface area (Å²) in [4.78, 5) is 23.8. The van der Waals surface area contributed by atoms with Crippen LogP contribution in [-0.4, -0.2) is 18.5 Å². The maximum atomic E-state index is 11.9. The summed E-state index contributed by atoms with van der Waals surface area (Å²) < 4.78 is 4.97. The van der Waals surface area contributed by atoms with Gasteiger partial charge in [-0.2, -0.15) is 0 Å². The van der Waals surface area contributed by atoms with Crippen LogP contribution in [0, 0.1) is 0 Å². The molecule has 4 nitrogen and oxygen atoms in total. The second-order valence-corrected chi connectivity index (χ2v) is 6.38. The number of nitrogens with one attached hydrogen (secondary N) is 1. The van der Waals surface area contributed by atoms with E-state index in [-0.39, 0.29) is 11.6 Å². The van der Waals surface area contributed by atoms with Gasteiger partial charge in [-0.1, -0.05) is 46.9 Å². The van der Waals surface area contributed by atoms with Gasteiger partial charge in [0.2, 0.25) is 0 Å². The minimum Gasteiger partial charge on any atom is -0.452 e. The van der Waals surface area contributed by atoms with Crippen molar-refractivity contribution in [1.29, 1.82) is 0 Å². The maximum Gasteiger partial charge on any atom is 0.338 e. The first kappa shape index (κ1) is 18.6. The molecule has 0 aliphatic rings. The van der Waals surface area contributed by atoms with Crippen molar-refractivity contribution in [3.8, 4) is 0 Å². The number of carbonyl (C=O) groups excluding carboxylic acids is 2. The Balaban J connectivity index is 1.88. The van der Waals surface area contributed by atoms with Crippen LogP contribution in [-0.2, 0) is 9.53 Å². The molecule has 7 heteroatoms. The molecule has 0 fully saturated rings. The molecule has 2 aromatic rings. The van der Waals surface area contributed by atoms with E-state index in [0.717, 1.165) is 5.56 Å². The van der Waals surface area contributed by atoms with Crippen LogP contribution in [0.5, 0.6) is 0 Å². The van der Waals surface area contributed by atoms with Crippen LogP contribution in [0.2, 0.25) is 15.1 Å². The molecule has 0 radical (unpaired) electrons. The summed E-state index contributed by atoms with van der Waals surface area (Å²) in [6, 6.07) is 11.2. The Labute approximate surface area is 154 Å². The first-order valence-electron chi connectivity index (χ1n) is 7.03. The minimum atomic E-state index is -0.673. The molecule has 0 saturated heterocycles. The number of ether oxygens (including phenoxy) is 1. The zero-order valence-corrected chi connectivity index (χ0v) is 15.0. The van der Waals surface area contributed by atoms with E-state index in [1.807, 2.05) is 19.1 Å². The molecule has 0 heterocycles. The van der Waals surface area contributed by atoms with Gasteiger partial charge in [-0.3, -0.25) is 4.79 Å². The third kappa shape index (κ3) is 5.41. The number of benzene rings is 2. The molecular weight excluding hydrogens is 373 g/mol. The first-order valence-corrected chi connectivity index (χ1v) is 8.16. The molecule has 0 unspecified atom stereocenters. The number of halogens is 3. The Morgan fingerprint density at radius 1 is 1.00 bits per heavy atom. The van der Waals surface area contributed by atoms with Crippen LogP contribution in [0.25, 0.3) is 0 Å². The van der Waals surface area contributed by atoms with E-state index in [4.69, 9.17) is 39.5 Å². The molecule has 0 spiro atoms. The summed E-state index contributed by atoms with van der Waals surface area (Å²) in [7, 11) is 0. The van der Waals surface area contributed by atoms with Crippen molar-refractivity contribution < 1.29 is 14.3 Å². The minimum absolute atomic E-state index is 0.186. The highest BCUT2D eigenvalue weighted by Crippen LogP contribution is 2.20. The maximum absolute atomic E-state index is 11.9. The highest BCUT2D eigenvalue weighted by Gasteiger charge is 2.14. The van der Waals surface area contributed by atoms with Gasteiger partial charge in [0.25, 0.3) is 5.91 Å². The van der Waals surface area contributed by atoms with Gasteiger partial charge in [0.05, 0.1) is 11.6 Å². The lowest BCUT2D eigenvalue weighted by Crippen LogP contribution is -2.31. The molecule has 0 bridgehead atoms. The summed E-state index contributed by atoms with van der Waals surface area (Å²) in [5.74, 6) is -1.09. The number of carbonyl (C=O) groups is 2. The van der Waals surface area contributed by atoms with E-state index in [1.165, 1.54) is 18.2 Å². The second-order valence-electron chi connectivity index (χ2n) is 5.08. The molecule has 1 amide bonds. The molecule has 2 rings (SSSR count). The quantitative estimate of drug-likeness (QED) is 0.759. The molecule has 126 valence electrons. The lowest BCUT2D eigenvalue weighted by molar-refractivity contribution is -0.124. The summed E-state index contributed by atoms with van der Waals surface area (Å²) >= 11 is 17.5. The Morgan fingerprint density at radius 3 is 2.17 bits per heavy atom. The van der Waals surface area contributed by atoms with Crippen LogP contribution in [0.4, 0.5) is 0 Å². The van der Waals surface area contributed by atoms with Crippen LogP contribution in [0.15, 0.2) is 42.5 Å². The molecule has 0 aliphatic carbocycles. The predicted molar refractivity (Wildman–Crippen MR) is 94.8 cm³/mol. The van der Waals surface area contributed by atoms with Gasteiger partial charge < -0.3 is 10.1 Å². The SMILES string of the molecule is C[C@@H](NC(=O)COC(=O)c1cc(Cl)cc(Cl)c1)c1ccc(Cl)cc1. The molecule has 1 atom stereocenters. The van der Waals surface area contributed by atoms with Crippen molar-refractivity contribution in [1.82, 2.24) is 5.32 Å². The van der Waals surface area contributed by atoms with Crippen molar-refractivity contribution in [2.24, 2.45) is 0 Å². The first-order chi connectivity index (χ1) is 11.3. The lowest BCUT2D eigenvalue weighted by Gasteiger charge is -2.14. The molecule has 0 saturated carbocycles. The highest BCUT2D eigenvalue weighted by molar-refractivity contribution is 6.35. The van der Waals surface area contributed by atoms with Crippen LogP contribution in [0.1, 0.15) is 28.9 Å². The molecule has 0 aromatic heterocycles. The monoisotopic (exact) mass is 385 g/mol. The van der Waals surface area contributed by atoms with Crippen molar-refractivity contribution in [3.63, 3.8) is 0 Å². The third-order valence-electron chi connectivity index (χ3n) is 3.18. The summed E-state index contributed by atoms with van der Waals surface area (Å²) in [5.41, 5.74) is 1.08. The third-order valence-corrected chi connectivity index (χ3v) is 3.87. The zero-order valence-electron chi connectivity index (χ0n) is 12.7. The zero-order chi connectivity index (χ0) is 17.7. The van der Waals surface area contributed by atoms with Crippen LogP contribution >= 0.6 is 34.8 Å². The van der Waals surface area contributed by atoms with E-state index >= 15 is 0 Å². The number of hydrogen-bond donors (Lipinski definition) is 1.